The topological polar surface area (TPSA) is 46.1 Å². The Morgan fingerprint density at radius 3 is 2.81 bits per heavy atom. The summed E-state index contributed by atoms with van der Waals surface area (Å²) in [6.45, 7) is 0. The van der Waals surface area contributed by atoms with Gasteiger partial charge in [0.1, 0.15) is 5.82 Å². The third kappa shape index (κ3) is 2.44. The first kappa shape index (κ1) is 15.6. The molecule has 4 heterocycles. The van der Waals surface area contributed by atoms with Crippen LogP contribution >= 0.6 is 11.3 Å². The first-order chi connectivity index (χ1) is 12.7. The molecule has 0 unspecified atom stereocenters. The molecule has 26 heavy (non-hydrogen) atoms. The molecule has 0 spiro atoms. The summed E-state index contributed by atoms with van der Waals surface area (Å²) in [4.78, 5) is 24.2. The molecule has 2 atom stereocenters. The van der Waals surface area contributed by atoms with Crippen LogP contribution < -0.4 is 0 Å². The molecule has 4 nitrogen and oxygen atoms in total. The summed E-state index contributed by atoms with van der Waals surface area (Å²) < 4.78 is 13.1. The number of rotatable bonds is 2. The second-order valence-corrected chi connectivity index (χ2v) is 7.56. The highest BCUT2D eigenvalue weighted by Crippen LogP contribution is 2.44. The van der Waals surface area contributed by atoms with Crippen molar-refractivity contribution in [3.8, 4) is 11.4 Å². The van der Waals surface area contributed by atoms with Gasteiger partial charge in [-0.1, -0.05) is 0 Å². The first-order valence-corrected chi connectivity index (χ1v) is 9.61. The zero-order chi connectivity index (χ0) is 17.7. The van der Waals surface area contributed by atoms with Crippen molar-refractivity contribution in [1.29, 1.82) is 0 Å². The number of hydrogen-bond acceptors (Lipinski definition) is 4. The molecule has 1 fully saturated rings. The molecule has 1 amide bonds. The molecular weight excluding hydrogens is 349 g/mol. The van der Waals surface area contributed by atoms with Gasteiger partial charge >= 0.3 is 0 Å². The summed E-state index contributed by atoms with van der Waals surface area (Å²) in [7, 11) is 0. The van der Waals surface area contributed by atoms with Gasteiger partial charge in [0.25, 0.3) is 5.91 Å². The van der Waals surface area contributed by atoms with Crippen LogP contribution in [0.5, 0.6) is 0 Å². The minimum atomic E-state index is -0.271. The van der Waals surface area contributed by atoms with Crippen LogP contribution in [-0.4, -0.2) is 26.8 Å². The number of aromatic nitrogens is 2. The van der Waals surface area contributed by atoms with Crippen molar-refractivity contribution in [2.45, 2.75) is 31.3 Å². The van der Waals surface area contributed by atoms with E-state index in [0.29, 0.717) is 5.82 Å². The summed E-state index contributed by atoms with van der Waals surface area (Å²) >= 11 is 1.54. The van der Waals surface area contributed by atoms with Crippen molar-refractivity contribution in [3.05, 3.63) is 69.9 Å². The molecule has 0 aliphatic carbocycles. The van der Waals surface area contributed by atoms with Crippen molar-refractivity contribution in [2.24, 2.45) is 0 Å². The average molecular weight is 365 g/mol. The number of benzene rings is 1. The zero-order valence-corrected chi connectivity index (χ0v) is 14.7. The van der Waals surface area contributed by atoms with E-state index in [4.69, 9.17) is 4.98 Å². The monoisotopic (exact) mass is 365 g/mol. The predicted octanol–water partition coefficient (Wildman–Crippen LogP) is 4.25. The summed E-state index contributed by atoms with van der Waals surface area (Å²) in [5.74, 6) is 0.445. The van der Waals surface area contributed by atoms with Crippen LogP contribution in [0.15, 0.2) is 47.3 Å². The van der Waals surface area contributed by atoms with Crippen LogP contribution in [-0.2, 0) is 6.42 Å². The lowest BCUT2D eigenvalue weighted by atomic mass is 9.98. The summed E-state index contributed by atoms with van der Waals surface area (Å²) in [5, 5.41) is 3.84. The van der Waals surface area contributed by atoms with Gasteiger partial charge in [0.2, 0.25) is 0 Å². The molecule has 0 radical (unpaired) electrons. The SMILES string of the molecule is O=C(c1ccsc1)N1[C@H]2CC[C@@H]1c1cnc(-c3ccc(F)cc3)nc1C2. The van der Waals surface area contributed by atoms with Crippen LogP contribution in [0, 0.1) is 5.82 Å². The third-order valence-electron chi connectivity index (χ3n) is 5.30. The number of carbonyl (C=O) groups is 1. The highest BCUT2D eigenvalue weighted by molar-refractivity contribution is 7.08. The van der Waals surface area contributed by atoms with E-state index in [-0.39, 0.29) is 23.8 Å². The molecule has 3 aromatic rings. The molecule has 0 N–H and O–H groups in total. The van der Waals surface area contributed by atoms with E-state index in [9.17, 15) is 9.18 Å². The fourth-order valence-corrected chi connectivity index (χ4v) is 4.69. The quantitative estimate of drug-likeness (QED) is 0.682. The lowest BCUT2D eigenvalue weighted by molar-refractivity contribution is 0.0644. The lowest BCUT2D eigenvalue weighted by Gasteiger charge is -2.35. The van der Waals surface area contributed by atoms with Crippen molar-refractivity contribution >= 4 is 17.2 Å². The second kappa shape index (κ2) is 5.99. The number of nitrogens with zero attached hydrogens (tertiary/aromatic N) is 3. The van der Waals surface area contributed by atoms with Crippen LogP contribution in [0.25, 0.3) is 11.4 Å². The van der Waals surface area contributed by atoms with Gasteiger partial charge in [-0.3, -0.25) is 4.79 Å². The Hall–Kier alpha value is -2.60. The number of halogens is 1. The Morgan fingerprint density at radius 1 is 1.19 bits per heavy atom. The van der Waals surface area contributed by atoms with Gasteiger partial charge in [-0.2, -0.15) is 11.3 Å². The summed E-state index contributed by atoms with van der Waals surface area (Å²) in [5.41, 5.74) is 3.63. The van der Waals surface area contributed by atoms with Crippen LogP contribution in [0.3, 0.4) is 0 Å². The Bertz CT molecular complexity index is 971. The number of amides is 1. The summed E-state index contributed by atoms with van der Waals surface area (Å²) in [6.07, 6.45) is 4.54. The first-order valence-electron chi connectivity index (χ1n) is 8.67. The van der Waals surface area contributed by atoms with Crippen LogP contribution in [0.2, 0.25) is 0 Å². The van der Waals surface area contributed by atoms with E-state index >= 15 is 0 Å². The lowest BCUT2D eigenvalue weighted by Crippen LogP contribution is -2.42. The molecule has 1 saturated heterocycles. The summed E-state index contributed by atoms with van der Waals surface area (Å²) in [6, 6.07) is 8.36. The van der Waals surface area contributed by atoms with E-state index < -0.39 is 0 Å². The predicted molar refractivity (Wildman–Crippen MR) is 97.4 cm³/mol. The minimum absolute atomic E-state index is 0.0541. The maximum Gasteiger partial charge on any atom is 0.255 e. The molecule has 5 rings (SSSR count). The molecule has 6 heteroatoms. The molecule has 2 bridgehead atoms. The minimum Gasteiger partial charge on any atom is -0.328 e. The van der Waals surface area contributed by atoms with E-state index in [0.717, 1.165) is 41.6 Å². The van der Waals surface area contributed by atoms with Gasteiger partial charge in [0, 0.05) is 35.2 Å². The second-order valence-electron chi connectivity index (χ2n) is 6.78. The molecule has 1 aromatic carbocycles. The fraction of sp³-hybridized carbons (Fsp3) is 0.250. The third-order valence-corrected chi connectivity index (χ3v) is 5.98. The Labute approximate surface area is 154 Å². The van der Waals surface area contributed by atoms with Gasteiger partial charge < -0.3 is 4.90 Å². The number of hydrogen-bond donors (Lipinski definition) is 0. The van der Waals surface area contributed by atoms with Gasteiger partial charge in [-0.25, -0.2) is 14.4 Å². The van der Waals surface area contributed by atoms with E-state index in [1.54, 1.807) is 23.5 Å². The Morgan fingerprint density at radius 2 is 2.04 bits per heavy atom. The van der Waals surface area contributed by atoms with Crippen molar-refractivity contribution in [3.63, 3.8) is 0 Å². The number of carbonyl (C=O) groups excluding carboxylic acids is 1. The normalized spacial score (nSPS) is 20.9. The van der Waals surface area contributed by atoms with Gasteiger partial charge in [0.15, 0.2) is 5.82 Å². The Balaban J connectivity index is 1.50. The fourth-order valence-electron chi connectivity index (χ4n) is 4.06. The maximum atomic E-state index is 13.1. The molecule has 2 aliphatic rings. The molecule has 2 aliphatic heterocycles. The standard InChI is InChI=1S/C20H16FN3OS/c21-14-3-1-12(2-4-14)19-22-10-16-17(23-19)9-15-5-6-18(16)24(15)20(25)13-7-8-26-11-13/h1-4,7-8,10-11,15,18H,5-6,9H2/t15-,18+/m0/s1. The van der Waals surface area contributed by atoms with Crippen LogP contribution in [0.4, 0.5) is 4.39 Å². The van der Waals surface area contributed by atoms with E-state index in [2.05, 4.69) is 4.98 Å². The van der Waals surface area contributed by atoms with Crippen molar-refractivity contribution < 1.29 is 9.18 Å². The largest absolute Gasteiger partial charge is 0.328 e. The number of fused-ring (bicyclic) bond motifs is 4. The van der Waals surface area contributed by atoms with Gasteiger partial charge in [0.05, 0.1) is 17.3 Å². The highest BCUT2D eigenvalue weighted by Gasteiger charge is 2.43. The van der Waals surface area contributed by atoms with E-state index in [1.165, 1.54) is 12.1 Å². The molecule has 2 aromatic heterocycles. The van der Waals surface area contributed by atoms with Crippen molar-refractivity contribution in [1.82, 2.24) is 14.9 Å². The van der Waals surface area contributed by atoms with Crippen molar-refractivity contribution in [2.75, 3.05) is 0 Å². The number of thiophene rings is 1. The maximum absolute atomic E-state index is 13.1. The highest BCUT2D eigenvalue weighted by atomic mass is 32.1. The molecular formula is C20H16FN3OS. The Kier molecular flexibility index (Phi) is 3.60. The zero-order valence-electron chi connectivity index (χ0n) is 13.9. The van der Waals surface area contributed by atoms with Gasteiger partial charge in [-0.15, -0.1) is 0 Å². The smallest absolute Gasteiger partial charge is 0.255 e. The van der Waals surface area contributed by atoms with Crippen LogP contribution in [0.1, 0.15) is 40.5 Å². The molecule has 0 saturated carbocycles. The average Bonchev–Trinajstić information content (AvgIpc) is 3.29. The van der Waals surface area contributed by atoms with E-state index in [1.807, 2.05) is 27.9 Å². The molecule has 130 valence electrons. The van der Waals surface area contributed by atoms with Gasteiger partial charge in [-0.05, 0) is 48.6 Å².